The van der Waals surface area contributed by atoms with E-state index >= 15 is 4.39 Å². The van der Waals surface area contributed by atoms with Crippen LogP contribution in [-0.4, -0.2) is 90.0 Å². The van der Waals surface area contributed by atoms with E-state index in [2.05, 4.69) is 20.1 Å². The second-order valence-electron chi connectivity index (χ2n) is 13.1. The summed E-state index contributed by atoms with van der Waals surface area (Å²) in [5, 5.41) is 3.27. The first-order valence-electron chi connectivity index (χ1n) is 16.6. The molecule has 0 radical (unpaired) electrons. The number of imide groups is 1. The van der Waals surface area contributed by atoms with Crippen LogP contribution < -0.4 is 26.3 Å². The zero-order chi connectivity index (χ0) is 34.4. The molecule has 0 spiro atoms. The van der Waals surface area contributed by atoms with Gasteiger partial charge in [-0.2, -0.15) is 0 Å². The van der Waals surface area contributed by atoms with Crippen LogP contribution in [0.25, 0.3) is 23.2 Å². The highest BCUT2D eigenvalue weighted by Crippen LogP contribution is 2.31. The van der Waals surface area contributed by atoms with Crippen LogP contribution in [-0.2, 0) is 32.2 Å². The SMILES string of the molecule is COC1=c2c(nc(-c3ccc(N4CCC(N(C)Cc5cc(F)c6c(c5)CN(C5CCC(=O)NC5=O)C6=O)CC4)cc3)[nH]c2=O)=CC(OC)C1. The van der Waals surface area contributed by atoms with Crippen LogP contribution in [0, 0.1) is 5.82 Å². The van der Waals surface area contributed by atoms with Crippen LogP contribution in [0.2, 0.25) is 0 Å². The predicted octanol–water partition coefficient (Wildman–Crippen LogP) is 1.39. The normalized spacial score (nSPS) is 21.1. The van der Waals surface area contributed by atoms with Crippen molar-refractivity contribution in [1.29, 1.82) is 0 Å². The number of H-pyrrole nitrogens is 1. The summed E-state index contributed by atoms with van der Waals surface area (Å²) in [4.78, 5) is 63.6. The number of anilines is 1. The number of hydrogen-bond acceptors (Lipinski definition) is 9. The number of ether oxygens (including phenoxy) is 2. The Labute approximate surface area is 282 Å². The molecule has 2 fully saturated rings. The van der Waals surface area contributed by atoms with Crippen molar-refractivity contribution in [2.45, 2.75) is 63.4 Å². The van der Waals surface area contributed by atoms with Crippen molar-refractivity contribution in [3.8, 4) is 11.4 Å². The monoisotopic (exact) mass is 670 g/mol. The molecule has 3 aliphatic heterocycles. The molecule has 1 aliphatic carbocycles. The summed E-state index contributed by atoms with van der Waals surface area (Å²) in [6.45, 7) is 2.36. The smallest absolute Gasteiger partial charge is 0.262 e. The molecule has 2 unspecified atom stereocenters. The van der Waals surface area contributed by atoms with Crippen molar-refractivity contribution < 1.29 is 28.2 Å². The maximum atomic E-state index is 15.3. The molecule has 0 bridgehead atoms. The van der Waals surface area contributed by atoms with Gasteiger partial charge < -0.3 is 24.3 Å². The molecule has 3 amide bonds. The van der Waals surface area contributed by atoms with Gasteiger partial charge in [-0.1, -0.05) is 6.07 Å². The van der Waals surface area contributed by atoms with Gasteiger partial charge in [-0.25, -0.2) is 9.37 Å². The summed E-state index contributed by atoms with van der Waals surface area (Å²) in [6, 6.07) is 10.8. The third-order valence-electron chi connectivity index (χ3n) is 10.2. The van der Waals surface area contributed by atoms with Crippen LogP contribution in [0.1, 0.15) is 53.6 Å². The number of amides is 3. The molecule has 3 aromatic rings. The van der Waals surface area contributed by atoms with E-state index in [0.717, 1.165) is 42.7 Å². The van der Waals surface area contributed by atoms with Crippen LogP contribution >= 0.6 is 0 Å². The molecule has 7 rings (SSSR count). The first-order valence-corrected chi connectivity index (χ1v) is 16.6. The third kappa shape index (κ3) is 6.24. The quantitative estimate of drug-likeness (QED) is 0.341. The number of nitrogens with zero attached hydrogens (tertiary/aromatic N) is 4. The number of aromatic amines is 1. The van der Waals surface area contributed by atoms with E-state index in [4.69, 9.17) is 14.5 Å². The Kier molecular flexibility index (Phi) is 8.80. The second-order valence-corrected chi connectivity index (χ2v) is 13.1. The summed E-state index contributed by atoms with van der Waals surface area (Å²) >= 11 is 0. The molecule has 2 N–H and O–H groups in total. The molecule has 49 heavy (non-hydrogen) atoms. The molecular weight excluding hydrogens is 631 g/mol. The van der Waals surface area contributed by atoms with Crippen molar-refractivity contribution in [2.24, 2.45) is 0 Å². The van der Waals surface area contributed by atoms with Gasteiger partial charge in [0.05, 0.1) is 24.1 Å². The summed E-state index contributed by atoms with van der Waals surface area (Å²) in [6.07, 6.45) is 4.34. The molecule has 0 saturated carbocycles. The first kappa shape index (κ1) is 32.7. The number of rotatable bonds is 8. The molecule has 2 aromatic carbocycles. The van der Waals surface area contributed by atoms with Gasteiger partial charge in [0.15, 0.2) is 0 Å². The zero-order valence-corrected chi connectivity index (χ0v) is 27.8. The van der Waals surface area contributed by atoms with Crippen molar-refractivity contribution in [1.82, 2.24) is 25.1 Å². The average molecular weight is 671 g/mol. The van der Waals surface area contributed by atoms with E-state index in [1.807, 2.05) is 43.5 Å². The van der Waals surface area contributed by atoms with E-state index in [0.29, 0.717) is 46.7 Å². The van der Waals surface area contributed by atoms with Crippen molar-refractivity contribution in [3.63, 3.8) is 0 Å². The van der Waals surface area contributed by atoms with Gasteiger partial charge >= 0.3 is 0 Å². The Hall–Kier alpha value is -4.88. The highest BCUT2D eigenvalue weighted by Gasteiger charge is 2.40. The van der Waals surface area contributed by atoms with Gasteiger partial charge in [0.25, 0.3) is 11.5 Å². The number of methoxy groups -OCH3 is 2. The number of nitrogens with one attached hydrogen (secondary N) is 2. The Bertz CT molecular complexity index is 2010. The van der Waals surface area contributed by atoms with E-state index in [1.165, 1.54) is 11.0 Å². The molecule has 256 valence electrons. The largest absolute Gasteiger partial charge is 0.500 e. The lowest BCUT2D eigenvalue weighted by atomic mass is 10.0. The number of aromatic nitrogens is 2. The third-order valence-corrected chi connectivity index (χ3v) is 10.2. The molecule has 13 heteroatoms. The van der Waals surface area contributed by atoms with E-state index in [9.17, 15) is 19.2 Å². The van der Waals surface area contributed by atoms with Crippen molar-refractivity contribution in [2.75, 3.05) is 39.3 Å². The number of hydrogen-bond donors (Lipinski definition) is 2. The van der Waals surface area contributed by atoms with Crippen molar-refractivity contribution in [3.05, 3.63) is 79.8 Å². The highest BCUT2D eigenvalue weighted by molar-refractivity contribution is 6.05. The predicted molar refractivity (Wildman–Crippen MR) is 179 cm³/mol. The lowest BCUT2D eigenvalue weighted by Crippen LogP contribution is -2.52. The van der Waals surface area contributed by atoms with Gasteiger partial charge in [0.2, 0.25) is 11.8 Å². The molecular formula is C36H39FN6O6. The Morgan fingerprint density at radius 3 is 2.49 bits per heavy atom. The summed E-state index contributed by atoms with van der Waals surface area (Å²) in [5.41, 5.74) is 2.99. The fourth-order valence-corrected chi connectivity index (χ4v) is 7.50. The number of halogens is 1. The van der Waals surface area contributed by atoms with Gasteiger partial charge in [0, 0.05) is 63.4 Å². The van der Waals surface area contributed by atoms with Gasteiger partial charge in [-0.3, -0.25) is 29.4 Å². The van der Waals surface area contributed by atoms with Crippen LogP contribution in [0.15, 0.2) is 41.2 Å². The fourth-order valence-electron chi connectivity index (χ4n) is 7.50. The summed E-state index contributed by atoms with van der Waals surface area (Å²) in [7, 11) is 5.20. The van der Waals surface area contributed by atoms with Gasteiger partial charge in [-0.15, -0.1) is 0 Å². The van der Waals surface area contributed by atoms with Crippen LogP contribution in [0.4, 0.5) is 10.1 Å². The molecule has 1 aromatic heterocycles. The number of fused-ring (bicyclic) bond motifs is 2. The number of carbonyl (C=O) groups is 3. The van der Waals surface area contributed by atoms with Gasteiger partial charge in [0.1, 0.15) is 28.7 Å². The lowest BCUT2D eigenvalue weighted by molar-refractivity contribution is -0.136. The topological polar surface area (TPSA) is 137 Å². The Balaban J connectivity index is 0.981. The fraction of sp³-hybridized carbons (Fsp3) is 0.417. The second kappa shape index (κ2) is 13.2. The van der Waals surface area contributed by atoms with Crippen LogP contribution in [0.5, 0.6) is 0 Å². The molecule has 4 heterocycles. The average Bonchev–Trinajstić information content (AvgIpc) is 3.43. The standard InChI is InChI=1S/C36H39FN6O6/c1-41(18-20-14-22-19-43(36(47)31(22)26(37)15-20)28-8-9-30(44)39-34(28)45)23-10-12-42(13-11-23)24-6-4-21(5-7-24)33-38-27-16-25(48-2)17-29(49-3)32(27)35(46)40-33/h4-7,14-16,23,25,28H,8-13,17-19H2,1-3H3,(H,38,40,46)(H,39,44,45). The molecule has 2 saturated heterocycles. The minimum absolute atomic E-state index is 0.0148. The zero-order valence-electron chi connectivity index (χ0n) is 27.8. The Morgan fingerprint density at radius 1 is 1.04 bits per heavy atom. The van der Waals surface area contributed by atoms with Gasteiger partial charge in [-0.05, 0) is 73.8 Å². The summed E-state index contributed by atoms with van der Waals surface area (Å²) in [5.74, 6) is -0.915. The summed E-state index contributed by atoms with van der Waals surface area (Å²) < 4.78 is 26.2. The number of benzene rings is 2. The van der Waals surface area contributed by atoms with E-state index in [1.54, 1.807) is 14.2 Å². The minimum Gasteiger partial charge on any atom is -0.500 e. The molecule has 2 atom stereocenters. The first-order chi connectivity index (χ1) is 23.6. The van der Waals surface area contributed by atoms with E-state index in [-0.39, 0.29) is 42.5 Å². The molecule has 4 aliphatic rings. The number of carbonyl (C=O) groups excluding carboxylic acids is 3. The maximum Gasteiger partial charge on any atom is 0.262 e. The highest BCUT2D eigenvalue weighted by atomic mass is 19.1. The van der Waals surface area contributed by atoms with Crippen LogP contribution in [0.3, 0.4) is 0 Å². The lowest BCUT2D eigenvalue weighted by Gasteiger charge is -2.38. The molecule has 12 nitrogen and oxygen atoms in total. The minimum atomic E-state index is -0.778. The number of piperidine rings is 2. The van der Waals surface area contributed by atoms with Crippen molar-refractivity contribution >= 4 is 35.2 Å². The Morgan fingerprint density at radius 2 is 1.80 bits per heavy atom. The van der Waals surface area contributed by atoms with E-state index < -0.39 is 23.7 Å². The maximum absolute atomic E-state index is 15.3.